The van der Waals surface area contributed by atoms with E-state index in [0.29, 0.717) is 0 Å². The first-order chi connectivity index (χ1) is 4.61. The molecule has 0 aliphatic rings. The first-order valence-corrected chi connectivity index (χ1v) is 4.83. The van der Waals surface area contributed by atoms with Crippen LogP contribution < -0.4 is 3.95 Å². The van der Waals surface area contributed by atoms with E-state index in [-0.39, 0.29) is 0 Å². The van der Waals surface area contributed by atoms with Gasteiger partial charge in [-0.15, -0.1) is 0 Å². The van der Waals surface area contributed by atoms with Crippen LogP contribution in [0.3, 0.4) is 0 Å². The maximum atomic E-state index is 2.25. The van der Waals surface area contributed by atoms with E-state index >= 15 is 0 Å². The second kappa shape index (κ2) is 2.88. The Morgan fingerprint density at radius 1 is 1.00 bits per heavy atom. The minimum absolute atomic E-state index is 1.38. The van der Waals surface area contributed by atoms with Gasteiger partial charge in [0.25, 0.3) is 0 Å². The molecule has 0 aliphatic heterocycles. The minimum atomic E-state index is 1.38. The normalized spacial score (nSPS) is 9.90. The van der Waals surface area contributed by atoms with Crippen molar-refractivity contribution < 1.29 is 19.8 Å². The van der Waals surface area contributed by atoms with Gasteiger partial charge in [-0.25, -0.2) is 0 Å². The zero-order chi connectivity index (χ0) is 7.72. The van der Waals surface area contributed by atoms with Crippen molar-refractivity contribution in [3.8, 4) is 0 Å². The van der Waals surface area contributed by atoms with Crippen LogP contribution in [0, 0.1) is 20.8 Å². The van der Waals surface area contributed by atoms with Crippen molar-refractivity contribution in [3.05, 3.63) is 28.8 Å². The topological polar surface area (TPSA) is 0 Å². The molecule has 53 valence electrons. The Morgan fingerprint density at radius 3 is 1.80 bits per heavy atom. The van der Waals surface area contributed by atoms with E-state index in [1.165, 1.54) is 20.6 Å². The second-order valence-corrected chi connectivity index (χ2v) is 4.19. The van der Waals surface area contributed by atoms with Crippen LogP contribution in [-0.2, 0) is 19.8 Å². The molecule has 10 heavy (non-hydrogen) atoms. The monoisotopic (exact) mass is 303 g/mol. The van der Waals surface area contributed by atoms with E-state index in [1.54, 1.807) is 19.8 Å². The summed E-state index contributed by atoms with van der Waals surface area (Å²) in [6, 6.07) is 4.49. The summed E-state index contributed by atoms with van der Waals surface area (Å²) in [7, 11) is 0. The summed E-state index contributed by atoms with van der Waals surface area (Å²) in [6.07, 6.45) is 0. The molecule has 0 bridgehead atoms. The molecule has 0 spiro atoms. The molecule has 0 radical (unpaired) electrons. The molecule has 1 aromatic carbocycles. The second-order valence-electron chi connectivity index (χ2n) is 2.73. The van der Waals surface area contributed by atoms with Crippen LogP contribution >= 0.6 is 0 Å². The molecule has 0 N–H and O–H groups in total. The predicted octanol–water partition coefficient (Wildman–Crippen LogP) is 1.78. The first kappa shape index (κ1) is 8.01. The van der Waals surface area contributed by atoms with Crippen molar-refractivity contribution in [2.24, 2.45) is 0 Å². The van der Waals surface area contributed by atoms with Crippen LogP contribution in [-0.4, -0.2) is 0 Å². The van der Waals surface area contributed by atoms with E-state index in [0.717, 1.165) is 0 Å². The summed E-state index contributed by atoms with van der Waals surface area (Å²) in [5, 5.41) is 0. The zero-order valence-corrected chi connectivity index (χ0v) is 9.50. The molecule has 0 unspecified atom stereocenters. The van der Waals surface area contributed by atoms with E-state index < -0.39 is 0 Å². The summed E-state index contributed by atoms with van der Waals surface area (Å²) < 4.78 is 1.51. The Morgan fingerprint density at radius 2 is 1.40 bits per heavy atom. The van der Waals surface area contributed by atoms with Crippen LogP contribution in [0.2, 0.25) is 0 Å². The third-order valence-corrected chi connectivity index (χ3v) is 3.92. The molecule has 0 nitrogen and oxygen atoms in total. The zero-order valence-electron chi connectivity index (χ0n) is 6.56. The van der Waals surface area contributed by atoms with Gasteiger partial charge in [0, 0.05) is 0 Å². The van der Waals surface area contributed by atoms with E-state index in [2.05, 4.69) is 32.9 Å². The average Bonchev–Trinajstić information content (AvgIpc) is 1.82. The maximum absolute atomic E-state index is 2.25. The Bertz CT molecular complexity index is 228. The molecular weight excluding hydrogens is 292 g/mol. The molecule has 1 heteroatoms. The molecule has 0 amide bonds. The van der Waals surface area contributed by atoms with Crippen molar-refractivity contribution in [2.45, 2.75) is 20.8 Å². The summed E-state index contributed by atoms with van der Waals surface area (Å²) in [6.45, 7) is 6.51. The van der Waals surface area contributed by atoms with Crippen LogP contribution in [0.5, 0.6) is 0 Å². The van der Waals surface area contributed by atoms with Crippen molar-refractivity contribution in [2.75, 3.05) is 0 Å². The Balaban J connectivity index is 3.31. The van der Waals surface area contributed by atoms with Crippen molar-refractivity contribution >= 4 is 3.95 Å². The van der Waals surface area contributed by atoms with Crippen molar-refractivity contribution in [1.82, 2.24) is 0 Å². The SMILES string of the molecule is Cc1cc(C)[c]([W])c(C)c1. The van der Waals surface area contributed by atoms with Gasteiger partial charge in [0.05, 0.1) is 0 Å². The molecule has 0 fully saturated rings. The van der Waals surface area contributed by atoms with Gasteiger partial charge in [-0.3, -0.25) is 0 Å². The van der Waals surface area contributed by atoms with Crippen LogP contribution in [0.4, 0.5) is 0 Å². The van der Waals surface area contributed by atoms with Gasteiger partial charge < -0.3 is 0 Å². The van der Waals surface area contributed by atoms with Gasteiger partial charge in [-0.05, 0) is 0 Å². The third kappa shape index (κ3) is 1.49. The molecule has 1 rings (SSSR count). The van der Waals surface area contributed by atoms with Gasteiger partial charge in [0.15, 0.2) is 0 Å². The van der Waals surface area contributed by atoms with Gasteiger partial charge in [0.2, 0.25) is 0 Å². The van der Waals surface area contributed by atoms with Crippen molar-refractivity contribution in [1.29, 1.82) is 0 Å². The van der Waals surface area contributed by atoms with Crippen LogP contribution in [0.1, 0.15) is 16.7 Å². The molecule has 0 aliphatic carbocycles. The van der Waals surface area contributed by atoms with Gasteiger partial charge >= 0.3 is 73.4 Å². The predicted molar refractivity (Wildman–Crippen MR) is 40.3 cm³/mol. The number of rotatable bonds is 0. The van der Waals surface area contributed by atoms with Crippen LogP contribution in [0.25, 0.3) is 0 Å². The van der Waals surface area contributed by atoms with E-state index in [4.69, 9.17) is 0 Å². The molecule has 0 saturated heterocycles. The van der Waals surface area contributed by atoms with E-state index in [1.807, 2.05) is 0 Å². The first-order valence-electron chi connectivity index (χ1n) is 3.36. The fraction of sp³-hybridized carbons (Fsp3) is 0.333. The van der Waals surface area contributed by atoms with Crippen LogP contribution in [0.15, 0.2) is 12.1 Å². The number of hydrogen-bond donors (Lipinski definition) is 0. The molecule has 1 aromatic rings. The summed E-state index contributed by atoms with van der Waals surface area (Å²) in [5.74, 6) is 0. The summed E-state index contributed by atoms with van der Waals surface area (Å²) >= 11 is 1.57. The number of hydrogen-bond acceptors (Lipinski definition) is 0. The Kier molecular flexibility index (Phi) is 2.31. The van der Waals surface area contributed by atoms with Gasteiger partial charge in [0.1, 0.15) is 0 Å². The fourth-order valence-electron chi connectivity index (χ4n) is 1.17. The van der Waals surface area contributed by atoms with Crippen molar-refractivity contribution in [3.63, 3.8) is 0 Å². The third-order valence-electron chi connectivity index (χ3n) is 1.60. The summed E-state index contributed by atoms with van der Waals surface area (Å²) in [5.41, 5.74) is 4.25. The quantitative estimate of drug-likeness (QED) is 0.685. The fourth-order valence-corrected chi connectivity index (χ4v) is 1.59. The molecular formula is C9H11W. The number of benzene rings is 1. The number of aryl methyl sites for hydroxylation is 3. The average molecular weight is 303 g/mol. The molecule has 0 atom stereocenters. The van der Waals surface area contributed by atoms with Gasteiger partial charge in [-0.1, -0.05) is 0 Å². The molecule has 0 heterocycles. The standard InChI is InChI=1S/C9H11.W/c1-7-4-8(2)6-9(3)5-7;/h4-5H,1-3H3;. The Labute approximate surface area is 73.5 Å². The van der Waals surface area contributed by atoms with E-state index in [9.17, 15) is 0 Å². The molecule has 0 aromatic heterocycles. The summed E-state index contributed by atoms with van der Waals surface area (Å²) in [4.78, 5) is 0. The Hall–Kier alpha value is -0.0917. The van der Waals surface area contributed by atoms with Gasteiger partial charge in [-0.2, -0.15) is 0 Å². The molecule has 0 saturated carbocycles.